The molecule has 0 aromatic heterocycles. The first kappa shape index (κ1) is 11.4. The topological polar surface area (TPSA) is 24.1 Å². The van der Waals surface area contributed by atoms with E-state index in [1.54, 1.807) is 0 Å². The van der Waals surface area contributed by atoms with Gasteiger partial charge in [0.05, 0.1) is 0 Å². The average molecular weight is 210 g/mol. The second-order valence-electron chi connectivity index (χ2n) is 5.75. The molecule has 2 bridgehead atoms. The Hall–Kier alpha value is -0.0800. The van der Waals surface area contributed by atoms with Gasteiger partial charge in [0.1, 0.15) is 0 Å². The number of rotatable bonds is 6. The Labute approximate surface area is 94.2 Å². The molecular formula is C13H26N2. The number of nitrogens with one attached hydrogen (secondary N) is 2. The van der Waals surface area contributed by atoms with Gasteiger partial charge in [-0.2, -0.15) is 0 Å². The molecule has 0 aromatic rings. The van der Waals surface area contributed by atoms with Crippen LogP contribution in [0.4, 0.5) is 0 Å². The van der Waals surface area contributed by atoms with Crippen LogP contribution >= 0.6 is 0 Å². The molecule has 2 saturated carbocycles. The first-order chi connectivity index (χ1) is 7.25. The molecule has 2 aliphatic carbocycles. The van der Waals surface area contributed by atoms with Crippen LogP contribution in [-0.4, -0.2) is 25.7 Å². The van der Waals surface area contributed by atoms with Gasteiger partial charge in [-0.05, 0) is 43.6 Å². The van der Waals surface area contributed by atoms with Crippen molar-refractivity contribution in [2.45, 2.75) is 45.6 Å². The zero-order valence-corrected chi connectivity index (χ0v) is 10.3. The summed E-state index contributed by atoms with van der Waals surface area (Å²) in [6.45, 7) is 7.91. The van der Waals surface area contributed by atoms with Crippen LogP contribution in [0.2, 0.25) is 0 Å². The van der Waals surface area contributed by atoms with E-state index in [-0.39, 0.29) is 0 Å². The molecule has 88 valence electrons. The first-order valence-corrected chi connectivity index (χ1v) is 6.70. The van der Waals surface area contributed by atoms with Crippen molar-refractivity contribution >= 4 is 0 Å². The molecule has 0 aliphatic heterocycles. The molecule has 2 rings (SSSR count). The molecule has 0 amide bonds. The summed E-state index contributed by atoms with van der Waals surface area (Å²) in [5.41, 5.74) is 0. The molecule has 0 heterocycles. The van der Waals surface area contributed by atoms with Crippen LogP contribution in [0.25, 0.3) is 0 Å². The maximum Gasteiger partial charge on any atom is 0.00790 e. The Bertz CT molecular complexity index is 191. The molecular weight excluding hydrogens is 184 g/mol. The Morgan fingerprint density at radius 3 is 2.60 bits per heavy atom. The predicted molar refractivity (Wildman–Crippen MR) is 64.9 cm³/mol. The molecule has 3 unspecified atom stereocenters. The van der Waals surface area contributed by atoms with E-state index in [0.29, 0.717) is 6.04 Å². The molecule has 0 aromatic carbocycles. The van der Waals surface area contributed by atoms with Gasteiger partial charge in [-0.3, -0.25) is 0 Å². The summed E-state index contributed by atoms with van der Waals surface area (Å²) in [7, 11) is 0. The monoisotopic (exact) mass is 210 g/mol. The van der Waals surface area contributed by atoms with Gasteiger partial charge in [0, 0.05) is 19.1 Å². The quantitative estimate of drug-likeness (QED) is 0.655. The van der Waals surface area contributed by atoms with E-state index in [0.717, 1.165) is 30.8 Å². The minimum atomic E-state index is 0.620. The Kier molecular flexibility index (Phi) is 4.04. The van der Waals surface area contributed by atoms with Gasteiger partial charge in [-0.15, -0.1) is 0 Å². The largest absolute Gasteiger partial charge is 0.315 e. The van der Waals surface area contributed by atoms with E-state index >= 15 is 0 Å². The average Bonchev–Trinajstić information content (AvgIpc) is 2.78. The molecule has 2 heteroatoms. The third-order valence-corrected chi connectivity index (χ3v) is 4.15. The fourth-order valence-corrected chi connectivity index (χ4v) is 3.36. The summed E-state index contributed by atoms with van der Waals surface area (Å²) in [5.74, 6) is 3.17. The maximum atomic E-state index is 3.61. The number of fused-ring (bicyclic) bond motifs is 2. The fourth-order valence-electron chi connectivity index (χ4n) is 3.36. The molecule has 2 aliphatic rings. The molecule has 3 atom stereocenters. The second kappa shape index (κ2) is 5.31. The highest BCUT2D eigenvalue weighted by Crippen LogP contribution is 2.47. The third kappa shape index (κ3) is 3.18. The van der Waals surface area contributed by atoms with Gasteiger partial charge in [0.15, 0.2) is 0 Å². The maximum absolute atomic E-state index is 3.61. The Morgan fingerprint density at radius 1 is 1.13 bits per heavy atom. The first-order valence-electron chi connectivity index (χ1n) is 6.70. The predicted octanol–water partition coefficient (Wildman–Crippen LogP) is 2.01. The molecule has 0 spiro atoms. The summed E-state index contributed by atoms with van der Waals surface area (Å²) in [5, 5.41) is 7.05. The van der Waals surface area contributed by atoms with Crippen LogP contribution in [0.5, 0.6) is 0 Å². The molecule has 2 N–H and O–H groups in total. The summed E-state index contributed by atoms with van der Waals surface area (Å²) >= 11 is 0. The zero-order valence-electron chi connectivity index (χ0n) is 10.3. The zero-order chi connectivity index (χ0) is 10.7. The van der Waals surface area contributed by atoms with E-state index in [4.69, 9.17) is 0 Å². The van der Waals surface area contributed by atoms with Crippen molar-refractivity contribution in [3.05, 3.63) is 0 Å². The van der Waals surface area contributed by atoms with Crippen molar-refractivity contribution in [2.24, 2.45) is 17.8 Å². The Morgan fingerprint density at radius 2 is 2.00 bits per heavy atom. The lowest BCUT2D eigenvalue weighted by atomic mass is 9.89. The van der Waals surface area contributed by atoms with Crippen LogP contribution in [0, 0.1) is 17.8 Å². The smallest absolute Gasteiger partial charge is 0.00790 e. The van der Waals surface area contributed by atoms with Crippen molar-refractivity contribution in [1.29, 1.82) is 0 Å². The lowest BCUT2D eigenvalue weighted by Crippen LogP contribution is -2.34. The van der Waals surface area contributed by atoms with Gasteiger partial charge in [0.2, 0.25) is 0 Å². The third-order valence-electron chi connectivity index (χ3n) is 4.15. The molecule has 2 fully saturated rings. The van der Waals surface area contributed by atoms with Crippen molar-refractivity contribution < 1.29 is 0 Å². The van der Waals surface area contributed by atoms with E-state index < -0.39 is 0 Å². The van der Waals surface area contributed by atoms with Crippen LogP contribution in [-0.2, 0) is 0 Å². The number of hydrogen-bond acceptors (Lipinski definition) is 2. The summed E-state index contributed by atoms with van der Waals surface area (Å²) in [4.78, 5) is 0. The van der Waals surface area contributed by atoms with E-state index in [2.05, 4.69) is 24.5 Å². The minimum absolute atomic E-state index is 0.620. The van der Waals surface area contributed by atoms with E-state index in [1.165, 1.54) is 32.2 Å². The Balaban J connectivity index is 1.51. The molecule has 15 heavy (non-hydrogen) atoms. The normalized spacial score (nSPS) is 34.2. The van der Waals surface area contributed by atoms with Gasteiger partial charge in [-0.1, -0.05) is 20.3 Å². The van der Waals surface area contributed by atoms with Crippen molar-refractivity contribution in [3.63, 3.8) is 0 Å². The van der Waals surface area contributed by atoms with Gasteiger partial charge >= 0.3 is 0 Å². The lowest BCUT2D eigenvalue weighted by Gasteiger charge is -2.22. The fraction of sp³-hybridized carbons (Fsp3) is 1.00. The molecule has 0 saturated heterocycles. The van der Waals surface area contributed by atoms with Crippen LogP contribution in [0.3, 0.4) is 0 Å². The second-order valence-corrected chi connectivity index (χ2v) is 5.75. The highest BCUT2D eigenvalue weighted by Gasteiger charge is 2.38. The van der Waals surface area contributed by atoms with E-state index in [1.807, 2.05) is 0 Å². The summed E-state index contributed by atoms with van der Waals surface area (Å²) in [6, 6.07) is 0.620. The highest BCUT2D eigenvalue weighted by atomic mass is 15.0. The summed E-state index contributed by atoms with van der Waals surface area (Å²) in [6.07, 6.45) is 6.09. The van der Waals surface area contributed by atoms with Crippen molar-refractivity contribution in [2.75, 3.05) is 19.6 Å². The number of hydrogen-bond donors (Lipinski definition) is 2. The standard InChI is InChI=1S/C13H26N2/c1-10(2)15-6-5-14-9-13-8-11-3-4-12(13)7-11/h10-15H,3-9H2,1-2H3. The lowest BCUT2D eigenvalue weighted by molar-refractivity contribution is 0.318. The van der Waals surface area contributed by atoms with Crippen LogP contribution in [0.15, 0.2) is 0 Å². The van der Waals surface area contributed by atoms with Gasteiger partial charge in [0.25, 0.3) is 0 Å². The van der Waals surface area contributed by atoms with Crippen LogP contribution < -0.4 is 10.6 Å². The van der Waals surface area contributed by atoms with Gasteiger partial charge in [-0.25, -0.2) is 0 Å². The molecule has 0 radical (unpaired) electrons. The minimum Gasteiger partial charge on any atom is -0.315 e. The SMILES string of the molecule is CC(C)NCCNCC1CC2CCC1C2. The van der Waals surface area contributed by atoms with Gasteiger partial charge < -0.3 is 10.6 Å². The van der Waals surface area contributed by atoms with Crippen molar-refractivity contribution in [3.8, 4) is 0 Å². The molecule has 2 nitrogen and oxygen atoms in total. The summed E-state index contributed by atoms with van der Waals surface area (Å²) < 4.78 is 0. The van der Waals surface area contributed by atoms with E-state index in [9.17, 15) is 0 Å². The highest BCUT2D eigenvalue weighted by molar-refractivity contribution is 4.90. The van der Waals surface area contributed by atoms with Crippen LogP contribution in [0.1, 0.15) is 39.5 Å². The van der Waals surface area contributed by atoms with Crippen molar-refractivity contribution in [1.82, 2.24) is 10.6 Å².